The number of imidazole rings is 1. The van der Waals surface area contributed by atoms with E-state index >= 15 is 0 Å². The number of fused-ring (bicyclic) bond motifs is 1. The van der Waals surface area contributed by atoms with E-state index in [1.54, 1.807) is 30.3 Å². The maximum Gasteiger partial charge on any atom is 1.00 e. The predicted octanol–water partition coefficient (Wildman–Crippen LogP) is -4.74. The van der Waals surface area contributed by atoms with Gasteiger partial charge in [0.1, 0.15) is 6.73 Å². The van der Waals surface area contributed by atoms with Gasteiger partial charge in [-0.1, -0.05) is 30.3 Å². The summed E-state index contributed by atoms with van der Waals surface area (Å²) in [5.74, 6) is -0.348. The van der Waals surface area contributed by atoms with Crippen LogP contribution in [0.1, 0.15) is 15.9 Å². The van der Waals surface area contributed by atoms with Crippen molar-refractivity contribution < 1.29 is 92.3 Å². The van der Waals surface area contributed by atoms with Gasteiger partial charge in [0.05, 0.1) is 26.0 Å². The van der Waals surface area contributed by atoms with Gasteiger partial charge in [-0.25, -0.2) is 9.78 Å². The summed E-state index contributed by atoms with van der Waals surface area (Å²) < 4.78 is 20.8. The van der Waals surface area contributed by atoms with E-state index in [0.717, 1.165) is 11.7 Å². The van der Waals surface area contributed by atoms with Gasteiger partial charge in [-0.15, -0.1) is 0 Å². The first-order chi connectivity index (χ1) is 13.3. The van der Waals surface area contributed by atoms with Gasteiger partial charge in [0.2, 0.25) is 5.95 Å². The molecule has 3 rings (SSSR count). The van der Waals surface area contributed by atoms with Gasteiger partial charge in [0.25, 0.3) is 0 Å². The first-order valence-corrected chi connectivity index (χ1v) is 9.36. The molecule has 0 bridgehead atoms. The van der Waals surface area contributed by atoms with Gasteiger partial charge in [-0.05, 0) is 18.2 Å². The van der Waals surface area contributed by atoms with Gasteiger partial charge in [0.15, 0.2) is 5.78 Å². The molecule has 1 amide bonds. The fraction of sp³-hybridized carbons (Fsp3) is 0.118. The van der Waals surface area contributed by atoms with Crippen LogP contribution in [0.15, 0.2) is 48.5 Å². The molecule has 0 spiro atoms. The molecule has 0 unspecified atom stereocenters. The maximum atomic E-state index is 12.6. The average molecular weight is 449 g/mol. The second kappa shape index (κ2) is 11.5. The minimum atomic E-state index is -5.26. The molecule has 0 fully saturated rings. The van der Waals surface area contributed by atoms with E-state index in [1.807, 2.05) is 0 Å². The summed E-state index contributed by atoms with van der Waals surface area (Å²) in [4.78, 5) is 49.9. The number of hydrogen-bond donors (Lipinski definition) is 1. The van der Waals surface area contributed by atoms with Crippen molar-refractivity contribution in [1.82, 2.24) is 9.55 Å². The molecule has 30 heavy (non-hydrogen) atoms. The fourth-order valence-electron chi connectivity index (χ4n) is 2.52. The SMILES string of the molecule is COC(=O)Nc1nc2cc(C(=O)c3ccccc3)ccc2n1COP(=O)([O-])[O-].[Na+].[Na+]. The Bertz CT molecular complexity index is 1090. The summed E-state index contributed by atoms with van der Waals surface area (Å²) in [5, 5.41) is 2.30. The number of carbonyl (C=O) groups excluding carboxylic acids is 2. The molecular formula is C17H14N3Na2O7P. The van der Waals surface area contributed by atoms with Gasteiger partial charge < -0.3 is 23.6 Å². The number of ether oxygens (including phenoxy) is 1. The van der Waals surface area contributed by atoms with E-state index in [0.29, 0.717) is 16.6 Å². The van der Waals surface area contributed by atoms with Gasteiger partial charge in [-0.3, -0.25) is 14.7 Å². The number of ketones is 1. The van der Waals surface area contributed by atoms with E-state index in [2.05, 4.69) is 19.6 Å². The molecule has 1 aromatic heterocycles. The number of phosphoric ester groups is 1. The maximum absolute atomic E-state index is 12.6. The predicted molar refractivity (Wildman–Crippen MR) is 94.3 cm³/mol. The number of hydrogen-bond acceptors (Lipinski definition) is 8. The summed E-state index contributed by atoms with van der Waals surface area (Å²) in [6.45, 7) is -0.702. The third kappa shape index (κ3) is 6.73. The number of amides is 1. The molecule has 13 heteroatoms. The first-order valence-electron chi connectivity index (χ1n) is 7.90. The van der Waals surface area contributed by atoms with Crippen LogP contribution >= 0.6 is 7.82 Å². The number of rotatable bonds is 6. The third-order valence-electron chi connectivity index (χ3n) is 3.79. The molecule has 10 nitrogen and oxygen atoms in total. The zero-order valence-corrected chi connectivity index (χ0v) is 21.4. The minimum Gasteiger partial charge on any atom is -0.790 e. The molecular weight excluding hydrogens is 435 g/mol. The molecule has 146 valence electrons. The Labute approximate surface area is 215 Å². The molecule has 2 aromatic carbocycles. The number of phosphoric acid groups is 1. The van der Waals surface area contributed by atoms with Crippen molar-refractivity contribution in [3.63, 3.8) is 0 Å². The summed E-state index contributed by atoms with van der Waals surface area (Å²) >= 11 is 0. The number of nitrogens with zero attached hydrogens (tertiary/aromatic N) is 2. The molecule has 1 N–H and O–H groups in total. The Morgan fingerprint density at radius 3 is 2.37 bits per heavy atom. The minimum absolute atomic E-state index is 0. The summed E-state index contributed by atoms with van der Waals surface area (Å²) in [5.41, 5.74) is 1.44. The Morgan fingerprint density at radius 1 is 1.10 bits per heavy atom. The van der Waals surface area contributed by atoms with Gasteiger partial charge in [-0.2, -0.15) is 0 Å². The van der Waals surface area contributed by atoms with Crippen LogP contribution in [0.2, 0.25) is 0 Å². The van der Waals surface area contributed by atoms with Crippen LogP contribution in [0.5, 0.6) is 0 Å². The monoisotopic (exact) mass is 449 g/mol. The van der Waals surface area contributed by atoms with Crippen molar-refractivity contribution in [2.45, 2.75) is 6.73 Å². The summed E-state index contributed by atoms with van der Waals surface area (Å²) in [6, 6.07) is 13.1. The quantitative estimate of drug-likeness (QED) is 0.224. The number of anilines is 1. The van der Waals surface area contributed by atoms with E-state index in [-0.39, 0.29) is 76.4 Å². The van der Waals surface area contributed by atoms with Crippen LogP contribution in [0.3, 0.4) is 0 Å². The van der Waals surface area contributed by atoms with Crippen LogP contribution in [-0.2, 0) is 20.6 Å². The second-order valence-electron chi connectivity index (χ2n) is 5.58. The Balaban J connectivity index is 0.00000225. The number of nitrogens with one attached hydrogen (secondary N) is 1. The average Bonchev–Trinajstić information content (AvgIpc) is 3.01. The number of methoxy groups -OCH3 is 1. The molecule has 0 saturated heterocycles. The van der Waals surface area contributed by atoms with Crippen LogP contribution < -0.4 is 74.2 Å². The second-order valence-corrected chi connectivity index (χ2v) is 6.74. The fourth-order valence-corrected chi connectivity index (χ4v) is 2.78. The van der Waals surface area contributed by atoms with Crippen molar-refractivity contribution in [2.75, 3.05) is 12.4 Å². The number of benzene rings is 2. The zero-order chi connectivity index (χ0) is 20.3. The van der Waals surface area contributed by atoms with Crippen molar-refractivity contribution in [3.05, 3.63) is 59.7 Å². The largest absolute Gasteiger partial charge is 1.00 e. The van der Waals surface area contributed by atoms with Gasteiger partial charge >= 0.3 is 65.2 Å². The van der Waals surface area contributed by atoms with E-state index in [1.165, 1.54) is 18.2 Å². The van der Waals surface area contributed by atoms with Crippen LogP contribution in [0, 0.1) is 0 Å². The molecule has 0 radical (unpaired) electrons. The Morgan fingerprint density at radius 2 is 1.77 bits per heavy atom. The van der Waals surface area contributed by atoms with Crippen molar-refractivity contribution in [2.24, 2.45) is 0 Å². The Kier molecular flexibility index (Phi) is 10.4. The molecule has 3 aromatic rings. The number of aromatic nitrogens is 2. The molecule has 1 heterocycles. The first kappa shape index (κ1) is 27.0. The molecule has 0 atom stereocenters. The number of carbonyl (C=O) groups is 2. The topological polar surface area (TPSA) is 146 Å². The van der Waals surface area contributed by atoms with Crippen LogP contribution in [0.25, 0.3) is 11.0 Å². The van der Waals surface area contributed by atoms with E-state index in [9.17, 15) is 23.9 Å². The standard InChI is InChI=1S/C17H16N3O7P.2Na/c1-26-17(22)19-16-18-13-9-12(15(21)11-5-3-2-4-6-11)7-8-14(13)20(16)10-27-28(23,24)25;;/h2-9H,10H2,1H3,(H,18,19,22)(H2,23,24,25);;/q;2*+1/p-2. The molecule has 0 aliphatic heterocycles. The zero-order valence-electron chi connectivity index (χ0n) is 16.5. The van der Waals surface area contributed by atoms with Crippen molar-refractivity contribution in [1.29, 1.82) is 0 Å². The summed E-state index contributed by atoms with van der Waals surface area (Å²) in [6.07, 6.45) is -0.857. The van der Waals surface area contributed by atoms with Crippen LogP contribution in [0.4, 0.5) is 10.7 Å². The van der Waals surface area contributed by atoms with Crippen LogP contribution in [-0.4, -0.2) is 28.5 Å². The molecule has 0 saturated carbocycles. The van der Waals surface area contributed by atoms with E-state index < -0.39 is 20.6 Å². The Hall–Kier alpha value is -1.04. The summed E-state index contributed by atoms with van der Waals surface area (Å²) in [7, 11) is -4.12. The van der Waals surface area contributed by atoms with Crippen molar-refractivity contribution >= 4 is 36.7 Å². The van der Waals surface area contributed by atoms with Gasteiger partial charge in [0, 0.05) is 11.1 Å². The molecule has 0 aliphatic rings. The third-order valence-corrected chi connectivity index (χ3v) is 4.22. The normalized spacial score (nSPS) is 10.6. The van der Waals surface area contributed by atoms with Crippen molar-refractivity contribution in [3.8, 4) is 0 Å². The smallest absolute Gasteiger partial charge is 0.790 e. The molecule has 0 aliphatic carbocycles. The van der Waals surface area contributed by atoms with E-state index in [4.69, 9.17) is 0 Å².